The van der Waals surface area contributed by atoms with E-state index in [2.05, 4.69) is 11.6 Å². The van der Waals surface area contributed by atoms with Gasteiger partial charge in [-0.1, -0.05) is 35.9 Å². The molecule has 0 fully saturated rings. The van der Waals surface area contributed by atoms with Gasteiger partial charge in [-0.25, -0.2) is 4.98 Å². The van der Waals surface area contributed by atoms with Crippen molar-refractivity contribution in [3.8, 4) is 11.5 Å². The lowest BCUT2D eigenvalue weighted by molar-refractivity contribution is 0.0508. The minimum atomic E-state index is -1.04. The fourth-order valence-corrected chi connectivity index (χ4v) is 3.03. The van der Waals surface area contributed by atoms with E-state index in [9.17, 15) is 5.11 Å². The Labute approximate surface area is 163 Å². The van der Waals surface area contributed by atoms with E-state index in [1.54, 1.807) is 24.3 Å². The Morgan fingerprint density at radius 2 is 1.92 bits per heavy atom. The molecule has 7 heteroatoms. The number of nitrogens with zero attached hydrogens (tertiary/aromatic N) is 1. The number of aliphatic hydroxyl groups excluding tert-OH is 1. The topological polar surface area (TPSA) is 60.8 Å². The highest BCUT2D eigenvalue weighted by Gasteiger charge is 2.22. The predicted octanol–water partition coefficient (Wildman–Crippen LogP) is 4.63. The highest BCUT2D eigenvalue weighted by molar-refractivity contribution is 6.32. The Bertz CT molecular complexity index is 796. The summed E-state index contributed by atoms with van der Waals surface area (Å²) in [5.41, 5.74) is 2.63. The molecule has 0 saturated heterocycles. The first-order valence-corrected chi connectivity index (χ1v) is 8.65. The van der Waals surface area contributed by atoms with Gasteiger partial charge in [0.2, 0.25) is 0 Å². The molecule has 0 aliphatic rings. The van der Waals surface area contributed by atoms with Crippen LogP contribution in [0, 0.1) is 13.8 Å². The summed E-state index contributed by atoms with van der Waals surface area (Å²) in [6, 6.07) is 4.95. The van der Waals surface area contributed by atoms with Gasteiger partial charge < -0.3 is 19.3 Å². The maximum atomic E-state index is 10.8. The maximum absolute atomic E-state index is 10.8. The highest BCUT2D eigenvalue weighted by atomic mass is 35.5. The van der Waals surface area contributed by atoms with Crippen LogP contribution in [0.3, 0.4) is 0 Å². The molecule has 26 heavy (non-hydrogen) atoms. The standard InChI is InChI=1S/C19H21Cl2NO4/c1-5-8-25-16-9-13(20)17(12(3)11(16)2)18(23)14-6-7-15(19(21)22-14)26-10-24-4/h5-7,9,18,23H,1,8,10H2,2-4H3. The molecule has 1 heterocycles. The van der Waals surface area contributed by atoms with Crippen LogP contribution in [-0.4, -0.2) is 30.6 Å². The Morgan fingerprint density at radius 3 is 2.54 bits per heavy atom. The van der Waals surface area contributed by atoms with Crippen LogP contribution in [0.2, 0.25) is 10.2 Å². The predicted molar refractivity (Wildman–Crippen MR) is 102 cm³/mol. The van der Waals surface area contributed by atoms with Crippen molar-refractivity contribution < 1.29 is 19.3 Å². The monoisotopic (exact) mass is 397 g/mol. The molecule has 0 spiro atoms. The number of ether oxygens (including phenoxy) is 3. The molecule has 1 aromatic heterocycles. The van der Waals surface area contributed by atoms with Gasteiger partial charge in [-0.15, -0.1) is 0 Å². The molecule has 1 atom stereocenters. The molecule has 0 aliphatic carbocycles. The van der Waals surface area contributed by atoms with Crippen molar-refractivity contribution in [2.45, 2.75) is 20.0 Å². The lowest BCUT2D eigenvalue weighted by Gasteiger charge is -2.20. The van der Waals surface area contributed by atoms with Gasteiger partial charge >= 0.3 is 0 Å². The fourth-order valence-electron chi connectivity index (χ4n) is 2.47. The number of hydrogen-bond acceptors (Lipinski definition) is 5. The third-order valence-corrected chi connectivity index (χ3v) is 4.51. The van der Waals surface area contributed by atoms with Crippen LogP contribution in [-0.2, 0) is 4.74 Å². The third kappa shape index (κ3) is 4.48. The van der Waals surface area contributed by atoms with Crippen molar-refractivity contribution in [2.24, 2.45) is 0 Å². The lowest BCUT2D eigenvalue weighted by Crippen LogP contribution is -2.09. The number of pyridine rings is 1. The molecule has 0 bridgehead atoms. The van der Waals surface area contributed by atoms with E-state index in [0.717, 1.165) is 11.1 Å². The van der Waals surface area contributed by atoms with E-state index >= 15 is 0 Å². The number of benzene rings is 1. The van der Waals surface area contributed by atoms with Gasteiger partial charge in [-0.2, -0.15) is 0 Å². The van der Waals surface area contributed by atoms with Gasteiger partial charge in [-0.05, 0) is 43.2 Å². The summed E-state index contributed by atoms with van der Waals surface area (Å²) in [6.07, 6.45) is 0.619. The lowest BCUT2D eigenvalue weighted by atomic mass is 9.96. The molecular weight excluding hydrogens is 377 g/mol. The number of rotatable bonds is 8. The molecule has 1 aromatic carbocycles. The maximum Gasteiger partial charge on any atom is 0.188 e. The van der Waals surface area contributed by atoms with Crippen molar-refractivity contribution >= 4 is 23.2 Å². The van der Waals surface area contributed by atoms with Crippen LogP contribution >= 0.6 is 23.2 Å². The zero-order valence-electron chi connectivity index (χ0n) is 14.9. The first-order valence-electron chi connectivity index (χ1n) is 7.90. The molecular formula is C19H21Cl2NO4. The van der Waals surface area contributed by atoms with Crippen molar-refractivity contribution in [1.82, 2.24) is 4.98 Å². The zero-order chi connectivity index (χ0) is 19.3. The molecule has 0 aliphatic heterocycles. The summed E-state index contributed by atoms with van der Waals surface area (Å²) >= 11 is 12.5. The third-order valence-electron chi connectivity index (χ3n) is 3.93. The summed E-state index contributed by atoms with van der Waals surface area (Å²) in [5.74, 6) is 1.02. The largest absolute Gasteiger partial charge is 0.489 e. The van der Waals surface area contributed by atoms with Gasteiger partial charge in [0.1, 0.15) is 18.5 Å². The van der Waals surface area contributed by atoms with Crippen molar-refractivity contribution in [1.29, 1.82) is 0 Å². The SMILES string of the molecule is C=CCOc1cc(Cl)c(C(O)c2ccc(OCOC)c(Cl)n2)c(C)c1C. The Morgan fingerprint density at radius 1 is 1.19 bits per heavy atom. The number of halogens is 2. The van der Waals surface area contributed by atoms with Crippen LogP contribution < -0.4 is 9.47 Å². The summed E-state index contributed by atoms with van der Waals surface area (Å²) < 4.78 is 15.7. The van der Waals surface area contributed by atoms with Crippen LogP contribution in [0.15, 0.2) is 30.9 Å². The van der Waals surface area contributed by atoms with Crippen molar-refractivity contribution in [2.75, 3.05) is 20.5 Å². The van der Waals surface area contributed by atoms with E-state index in [-0.39, 0.29) is 11.9 Å². The average Bonchev–Trinajstić information content (AvgIpc) is 2.62. The number of aliphatic hydroxyl groups is 1. The van der Waals surface area contributed by atoms with Crippen LogP contribution in [0.1, 0.15) is 28.5 Å². The second-order valence-electron chi connectivity index (χ2n) is 5.60. The van der Waals surface area contributed by atoms with Gasteiger partial charge in [0, 0.05) is 12.7 Å². The van der Waals surface area contributed by atoms with E-state index in [0.29, 0.717) is 34.4 Å². The smallest absolute Gasteiger partial charge is 0.188 e. The quantitative estimate of drug-likeness (QED) is 0.399. The summed E-state index contributed by atoms with van der Waals surface area (Å²) in [4.78, 5) is 4.22. The number of aromatic nitrogens is 1. The van der Waals surface area contributed by atoms with Gasteiger partial charge in [-0.3, -0.25) is 0 Å². The molecule has 1 unspecified atom stereocenters. The molecule has 2 rings (SSSR count). The number of hydrogen-bond donors (Lipinski definition) is 1. The van der Waals surface area contributed by atoms with Crippen LogP contribution in [0.25, 0.3) is 0 Å². The molecule has 5 nitrogen and oxygen atoms in total. The van der Waals surface area contributed by atoms with Gasteiger partial charge in [0.15, 0.2) is 17.7 Å². The molecule has 1 N–H and O–H groups in total. The number of methoxy groups -OCH3 is 1. The van der Waals surface area contributed by atoms with E-state index in [1.807, 2.05) is 13.8 Å². The molecule has 0 amide bonds. The first kappa shape index (κ1) is 20.5. The van der Waals surface area contributed by atoms with Crippen LogP contribution in [0.4, 0.5) is 0 Å². The Balaban J connectivity index is 2.37. The summed E-state index contributed by atoms with van der Waals surface area (Å²) in [6.45, 7) is 7.84. The van der Waals surface area contributed by atoms with Gasteiger partial charge in [0.05, 0.1) is 10.7 Å². The Kier molecular flexibility index (Phi) is 7.29. The summed E-state index contributed by atoms with van der Waals surface area (Å²) in [7, 11) is 1.51. The summed E-state index contributed by atoms with van der Waals surface area (Å²) in [5, 5.41) is 11.3. The molecule has 0 saturated carbocycles. The zero-order valence-corrected chi connectivity index (χ0v) is 16.4. The van der Waals surface area contributed by atoms with E-state index in [4.69, 9.17) is 37.4 Å². The fraction of sp³-hybridized carbons (Fsp3) is 0.316. The van der Waals surface area contributed by atoms with Gasteiger partial charge in [0.25, 0.3) is 0 Å². The second-order valence-corrected chi connectivity index (χ2v) is 6.36. The Hall–Kier alpha value is -1.79. The second kappa shape index (κ2) is 9.24. The minimum absolute atomic E-state index is 0.0552. The molecule has 0 radical (unpaired) electrons. The minimum Gasteiger partial charge on any atom is -0.489 e. The normalized spacial score (nSPS) is 11.9. The van der Waals surface area contributed by atoms with E-state index < -0.39 is 6.10 Å². The molecule has 140 valence electrons. The van der Waals surface area contributed by atoms with Crippen molar-refractivity contribution in [3.63, 3.8) is 0 Å². The van der Waals surface area contributed by atoms with Crippen molar-refractivity contribution in [3.05, 3.63) is 63.4 Å². The van der Waals surface area contributed by atoms with E-state index in [1.165, 1.54) is 7.11 Å². The highest BCUT2D eigenvalue weighted by Crippen LogP contribution is 2.37. The average molecular weight is 398 g/mol. The first-order chi connectivity index (χ1) is 12.4. The van der Waals surface area contributed by atoms with Crippen LogP contribution in [0.5, 0.6) is 11.5 Å². The molecule has 2 aromatic rings.